The van der Waals surface area contributed by atoms with Crippen molar-refractivity contribution < 1.29 is 19.1 Å². The molecule has 2 N–H and O–H groups in total. The highest BCUT2D eigenvalue weighted by molar-refractivity contribution is 6.44. The lowest BCUT2D eigenvalue weighted by Crippen LogP contribution is -2.53. The molecule has 4 bridgehead atoms. The first-order chi connectivity index (χ1) is 14.7. The molecular weight excluding hydrogens is 463 g/mol. The molecule has 31 heavy (non-hydrogen) atoms. The highest BCUT2D eigenvalue weighted by Crippen LogP contribution is 2.60. The number of esters is 1. The number of amides is 2. The Morgan fingerprint density at radius 3 is 2.13 bits per heavy atom. The molecule has 0 atom stereocenters. The summed E-state index contributed by atoms with van der Waals surface area (Å²) in [7, 11) is 0. The van der Waals surface area contributed by atoms with Crippen molar-refractivity contribution in [2.24, 2.45) is 23.2 Å². The fraction of sp³-hybridized carbons (Fsp3) is 0.591. The fourth-order valence-electron chi connectivity index (χ4n) is 5.88. The summed E-state index contributed by atoms with van der Waals surface area (Å²) in [4.78, 5) is 36.9. The minimum atomic E-state index is -0.554. The quantitative estimate of drug-likeness (QED) is 0.425. The van der Waals surface area contributed by atoms with Crippen molar-refractivity contribution in [1.29, 1.82) is 0 Å². The van der Waals surface area contributed by atoms with Gasteiger partial charge in [-0.2, -0.15) is 0 Å². The van der Waals surface area contributed by atoms with E-state index in [-0.39, 0.29) is 45.0 Å². The second kappa shape index (κ2) is 9.16. The summed E-state index contributed by atoms with van der Waals surface area (Å²) in [5.74, 6) is 1.03. The van der Waals surface area contributed by atoms with Gasteiger partial charge in [0.05, 0.1) is 27.2 Å². The molecule has 0 spiro atoms. The van der Waals surface area contributed by atoms with Gasteiger partial charge in [0, 0.05) is 12.0 Å². The summed E-state index contributed by atoms with van der Waals surface area (Å²) >= 11 is 17.8. The third-order valence-electron chi connectivity index (χ3n) is 6.78. The molecule has 0 unspecified atom stereocenters. The molecule has 0 heterocycles. The topological polar surface area (TPSA) is 84.5 Å². The summed E-state index contributed by atoms with van der Waals surface area (Å²) in [5, 5.41) is 6.19. The van der Waals surface area contributed by atoms with E-state index in [1.165, 1.54) is 31.4 Å². The summed E-state index contributed by atoms with van der Waals surface area (Å²) in [6.45, 7) is -0.252. The van der Waals surface area contributed by atoms with Gasteiger partial charge in [0.15, 0.2) is 6.61 Å². The second-order valence-corrected chi connectivity index (χ2v) is 10.4. The zero-order valence-electron chi connectivity index (χ0n) is 17.0. The molecule has 5 rings (SSSR count). The van der Waals surface area contributed by atoms with Crippen LogP contribution in [0.15, 0.2) is 12.1 Å². The molecular formula is C22H25Cl3N2O4. The number of carbonyl (C=O) groups is 3. The van der Waals surface area contributed by atoms with Gasteiger partial charge in [-0.05, 0) is 68.4 Å². The van der Waals surface area contributed by atoms with Gasteiger partial charge < -0.3 is 15.4 Å². The van der Waals surface area contributed by atoms with Crippen molar-refractivity contribution in [3.8, 4) is 0 Å². The lowest BCUT2D eigenvalue weighted by Gasteiger charge is -2.55. The third kappa shape index (κ3) is 5.12. The molecule has 1 aromatic rings. The van der Waals surface area contributed by atoms with Gasteiger partial charge in [0.25, 0.3) is 5.91 Å². The molecule has 4 saturated carbocycles. The smallest absolute Gasteiger partial charge is 0.308 e. The van der Waals surface area contributed by atoms with Crippen LogP contribution in [0.1, 0.15) is 44.9 Å². The van der Waals surface area contributed by atoms with E-state index in [0.717, 1.165) is 19.3 Å². The summed E-state index contributed by atoms with van der Waals surface area (Å²) in [5.41, 5.74) is 0.0393. The van der Waals surface area contributed by atoms with Crippen molar-refractivity contribution in [1.82, 2.24) is 5.32 Å². The number of anilines is 1. The van der Waals surface area contributed by atoms with E-state index in [1.807, 2.05) is 0 Å². The first kappa shape index (κ1) is 22.7. The zero-order valence-corrected chi connectivity index (χ0v) is 19.3. The van der Waals surface area contributed by atoms with Gasteiger partial charge in [-0.25, -0.2) is 0 Å². The average molecular weight is 488 g/mol. The van der Waals surface area contributed by atoms with E-state index in [2.05, 4.69) is 10.6 Å². The molecule has 4 aliphatic carbocycles. The molecule has 0 radical (unpaired) electrons. The molecule has 168 valence electrons. The Morgan fingerprint density at radius 2 is 1.52 bits per heavy atom. The Hall–Kier alpha value is -1.50. The fourth-order valence-corrected chi connectivity index (χ4v) is 6.47. The minimum Gasteiger partial charge on any atom is -0.456 e. The normalized spacial score (nSPS) is 28.3. The van der Waals surface area contributed by atoms with Crippen LogP contribution in [-0.2, 0) is 19.1 Å². The summed E-state index contributed by atoms with van der Waals surface area (Å²) in [6, 6.07) is 2.84. The maximum atomic E-state index is 12.9. The van der Waals surface area contributed by atoms with Crippen molar-refractivity contribution >= 4 is 58.3 Å². The van der Waals surface area contributed by atoms with Crippen LogP contribution in [0.25, 0.3) is 0 Å². The SMILES string of the molecule is O=C(COC(=O)CCNC(=O)C12CC3CC(CC(C3)C1)C2)Nc1cc(Cl)c(Cl)cc1Cl. The number of halogens is 3. The minimum absolute atomic E-state index is 0.0128. The number of hydrogen-bond acceptors (Lipinski definition) is 4. The van der Waals surface area contributed by atoms with E-state index in [1.54, 1.807) is 0 Å². The van der Waals surface area contributed by atoms with Gasteiger partial charge in [-0.3, -0.25) is 14.4 Å². The summed E-state index contributed by atoms with van der Waals surface area (Å²) in [6.07, 6.45) is 6.77. The Balaban J connectivity index is 1.18. The molecule has 2 amide bonds. The average Bonchev–Trinajstić information content (AvgIpc) is 2.69. The van der Waals surface area contributed by atoms with Crippen LogP contribution in [0.4, 0.5) is 5.69 Å². The van der Waals surface area contributed by atoms with Crippen molar-refractivity contribution in [2.75, 3.05) is 18.5 Å². The van der Waals surface area contributed by atoms with Gasteiger partial charge >= 0.3 is 5.97 Å². The lowest BCUT2D eigenvalue weighted by molar-refractivity contribution is -0.148. The summed E-state index contributed by atoms with van der Waals surface area (Å²) < 4.78 is 5.00. The van der Waals surface area contributed by atoms with Crippen molar-refractivity contribution in [2.45, 2.75) is 44.9 Å². The molecule has 0 aromatic heterocycles. The largest absolute Gasteiger partial charge is 0.456 e. The number of benzene rings is 1. The monoisotopic (exact) mass is 486 g/mol. The standard InChI is InChI=1S/C22H25Cl3N2O4/c23-15-6-17(25)18(7-16(15)24)27-19(28)11-31-20(29)1-2-26-21(30)22-8-12-3-13(9-22)5-14(4-12)10-22/h6-7,12-14H,1-5,8-11H2,(H,26,30)(H,27,28). The Bertz CT molecular complexity index is 870. The highest BCUT2D eigenvalue weighted by atomic mass is 35.5. The number of hydrogen-bond donors (Lipinski definition) is 2. The predicted octanol–water partition coefficient (Wildman–Crippen LogP) is 4.85. The highest BCUT2D eigenvalue weighted by Gasteiger charge is 2.54. The van der Waals surface area contributed by atoms with Gasteiger partial charge in [-0.1, -0.05) is 34.8 Å². The first-order valence-electron chi connectivity index (χ1n) is 10.6. The van der Waals surface area contributed by atoms with Crippen LogP contribution in [-0.4, -0.2) is 30.9 Å². The zero-order chi connectivity index (χ0) is 22.2. The van der Waals surface area contributed by atoms with Crippen LogP contribution >= 0.6 is 34.8 Å². The number of nitrogens with one attached hydrogen (secondary N) is 2. The van der Waals surface area contributed by atoms with Gasteiger partial charge in [0.2, 0.25) is 5.91 Å². The first-order valence-corrected chi connectivity index (χ1v) is 11.8. The molecule has 4 fully saturated rings. The molecule has 9 heteroatoms. The lowest BCUT2D eigenvalue weighted by atomic mass is 9.49. The van der Waals surface area contributed by atoms with E-state index in [9.17, 15) is 14.4 Å². The van der Waals surface area contributed by atoms with Crippen LogP contribution in [0, 0.1) is 23.2 Å². The third-order valence-corrected chi connectivity index (χ3v) is 7.82. The van der Waals surface area contributed by atoms with Crippen LogP contribution in [0.3, 0.4) is 0 Å². The molecule has 6 nitrogen and oxygen atoms in total. The van der Waals surface area contributed by atoms with E-state index in [0.29, 0.717) is 17.8 Å². The van der Waals surface area contributed by atoms with E-state index < -0.39 is 18.5 Å². The van der Waals surface area contributed by atoms with Crippen molar-refractivity contribution in [3.05, 3.63) is 27.2 Å². The Kier molecular flexibility index (Phi) is 6.71. The van der Waals surface area contributed by atoms with Crippen LogP contribution in [0.2, 0.25) is 15.1 Å². The van der Waals surface area contributed by atoms with E-state index >= 15 is 0 Å². The number of rotatable bonds is 7. The Labute approximate surface area is 196 Å². The van der Waals surface area contributed by atoms with Gasteiger partial charge in [0.1, 0.15) is 0 Å². The van der Waals surface area contributed by atoms with Gasteiger partial charge in [-0.15, -0.1) is 0 Å². The van der Waals surface area contributed by atoms with Crippen LogP contribution < -0.4 is 10.6 Å². The number of ether oxygens (including phenoxy) is 1. The Morgan fingerprint density at radius 1 is 0.935 bits per heavy atom. The number of carbonyl (C=O) groups excluding carboxylic acids is 3. The molecule has 4 aliphatic rings. The van der Waals surface area contributed by atoms with E-state index in [4.69, 9.17) is 39.5 Å². The van der Waals surface area contributed by atoms with Crippen LogP contribution in [0.5, 0.6) is 0 Å². The predicted molar refractivity (Wildman–Crippen MR) is 119 cm³/mol. The van der Waals surface area contributed by atoms with Crippen molar-refractivity contribution in [3.63, 3.8) is 0 Å². The maximum Gasteiger partial charge on any atom is 0.308 e. The molecule has 0 saturated heterocycles. The maximum absolute atomic E-state index is 12.9. The molecule has 0 aliphatic heterocycles. The second-order valence-electron chi connectivity index (χ2n) is 9.16. The molecule has 1 aromatic carbocycles.